The second-order valence-corrected chi connectivity index (χ2v) is 5.58. The Morgan fingerprint density at radius 1 is 0.833 bits per heavy atom. The van der Waals surface area contributed by atoms with Crippen LogP contribution in [0, 0.1) is 13.8 Å². The van der Waals surface area contributed by atoms with Crippen molar-refractivity contribution in [3.05, 3.63) is 59.7 Å². The van der Waals surface area contributed by atoms with Crippen molar-refractivity contribution < 1.29 is 0 Å². The maximum Gasteiger partial charge on any atom is 0.153 e. The Labute approximate surface area is 141 Å². The minimum atomic E-state index is 0.727. The predicted octanol–water partition coefficient (Wildman–Crippen LogP) is 3.93. The Morgan fingerprint density at radius 3 is 2.42 bits per heavy atom. The molecule has 6 heteroatoms. The second-order valence-electron chi connectivity index (χ2n) is 5.58. The lowest BCUT2D eigenvalue weighted by molar-refractivity contribution is 0.984. The van der Waals surface area contributed by atoms with E-state index in [1.807, 2.05) is 38.1 Å². The minimum Gasteiger partial charge on any atom is -0.340 e. The predicted molar refractivity (Wildman–Crippen MR) is 95.9 cm³/mol. The highest BCUT2D eigenvalue weighted by Gasteiger charge is 2.06. The zero-order valence-corrected chi connectivity index (χ0v) is 14.0. The smallest absolute Gasteiger partial charge is 0.153 e. The van der Waals surface area contributed by atoms with E-state index < -0.39 is 0 Å². The summed E-state index contributed by atoms with van der Waals surface area (Å²) in [4.78, 5) is 8.35. The number of hydrogen-bond donors (Lipinski definition) is 2. The topological polar surface area (TPSA) is 75.6 Å². The molecule has 0 aliphatic rings. The van der Waals surface area contributed by atoms with Crippen LogP contribution in [0.2, 0.25) is 0 Å². The molecule has 0 aliphatic heterocycles. The number of rotatable bonds is 5. The molecule has 0 spiro atoms. The maximum atomic E-state index is 4.24. The largest absolute Gasteiger partial charge is 0.340 e. The molecule has 0 saturated heterocycles. The third-order valence-electron chi connectivity index (χ3n) is 3.63. The van der Waals surface area contributed by atoms with Crippen LogP contribution in [0.4, 0.5) is 23.0 Å². The number of aryl methyl sites for hydroxylation is 3. The lowest BCUT2D eigenvalue weighted by atomic mass is 10.1. The van der Waals surface area contributed by atoms with E-state index >= 15 is 0 Å². The quantitative estimate of drug-likeness (QED) is 0.742. The van der Waals surface area contributed by atoms with Crippen LogP contribution in [-0.4, -0.2) is 20.2 Å². The van der Waals surface area contributed by atoms with Crippen molar-refractivity contribution >= 4 is 23.0 Å². The van der Waals surface area contributed by atoms with Gasteiger partial charge in [-0.2, -0.15) is 5.10 Å². The second kappa shape index (κ2) is 7.04. The standard InChI is InChI=1S/C18H20N6/c1-4-14-6-7-15(21-18-9-13(3)19-11-20-18)10-16(14)22-17-8-5-12(2)23-24-17/h5-11H,4H2,1-3H3,(H,22,24)(H,19,20,21). The fourth-order valence-electron chi connectivity index (χ4n) is 2.35. The van der Waals surface area contributed by atoms with Gasteiger partial charge in [0.05, 0.1) is 5.69 Å². The SMILES string of the molecule is CCc1ccc(Nc2cc(C)ncn2)cc1Nc1ccc(C)nn1. The third kappa shape index (κ3) is 3.84. The third-order valence-corrected chi connectivity index (χ3v) is 3.63. The fraction of sp³-hybridized carbons (Fsp3) is 0.222. The molecule has 0 fully saturated rings. The van der Waals surface area contributed by atoms with E-state index in [0.29, 0.717) is 0 Å². The van der Waals surface area contributed by atoms with Gasteiger partial charge < -0.3 is 10.6 Å². The zero-order chi connectivity index (χ0) is 16.9. The normalized spacial score (nSPS) is 10.5. The Morgan fingerprint density at radius 2 is 1.71 bits per heavy atom. The van der Waals surface area contributed by atoms with Crippen LogP contribution >= 0.6 is 0 Å². The average Bonchev–Trinajstić information content (AvgIpc) is 2.57. The van der Waals surface area contributed by atoms with E-state index in [1.54, 1.807) is 6.33 Å². The minimum absolute atomic E-state index is 0.727. The first-order valence-electron chi connectivity index (χ1n) is 7.90. The van der Waals surface area contributed by atoms with Crippen molar-refractivity contribution in [1.29, 1.82) is 0 Å². The Balaban J connectivity index is 1.86. The van der Waals surface area contributed by atoms with E-state index in [0.717, 1.165) is 40.8 Å². The molecule has 6 nitrogen and oxygen atoms in total. The zero-order valence-electron chi connectivity index (χ0n) is 14.0. The number of nitrogens with one attached hydrogen (secondary N) is 2. The van der Waals surface area contributed by atoms with Gasteiger partial charge in [-0.25, -0.2) is 9.97 Å². The van der Waals surface area contributed by atoms with Gasteiger partial charge in [0.25, 0.3) is 0 Å². The van der Waals surface area contributed by atoms with Crippen molar-refractivity contribution in [2.45, 2.75) is 27.2 Å². The monoisotopic (exact) mass is 320 g/mol. The van der Waals surface area contributed by atoms with Crippen molar-refractivity contribution in [1.82, 2.24) is 20.2 Å². The van der Waals surface area contributed by atoms with Gasteiger partial charge >= 0.3 is 0 Å². The molecule has 0 atom stereocenters. The first-order chi connectivity index (χ1) is 11.6. The highest BCUT2D eigenvalue weighted by atomic mass is 15.2. The molecule has 0 saturated carbocycles. The number of aromatic nitrogens is 4. The summed E-state index contributed by atoms with van der Waals surface area (Å²) in [6.07, 6.45) is 2.48. The summed E-state index contributed by atoms with van der Waals surface area (Å²) < 4.78 is 0. The highest BCUT2D eigenvalue weighted by Crippen LogP contribution is 2.26. The van der Waals surface area contributed by atoms with Crippen molar-refractivity contribution in [3.63, 3.8) is 0 Å². The summed E-state index contributed by atoms with van der Waals surface area (Å²) in [5.41, 5.74) is 4.98. The van der Waals surface area contributed by atoms with Crippen molar-refractivity contribution in [3.8, 4) is 0 Å². The Kier molecular flexibility index (Phi) is 4.65. The molecular formula is C18H20N6. The van der Waals surface area contributed by atoms with Gasteiger partial charge in [-0.05, 0) is 50.1 Å². The molecule has 24 heavy (non-hydrogen) atoms. The van der Waals surface area contributed by atoms with Gasteiger partial charge in [0, 0.05) is 23.1 Å². The van der Waals surface area contributed by atoms with Gasteiger partial charge in [-0.15, -0.1) is 5.10 Å². The van der Waals surface area contributed by atoms with Crippen molar-refractivity contribution in [2.75, 3.05) is 10.6 Å². The van der Waals surface area contributed by atoms with E-state index in [2.05, 4.69) is 49.9 Å². The molecule has 3 rings (SSSR count). The molecule has 0 unspecified atom stereocenters. The summed E-state index contributed by atoms with van der Waals surface area (Å²) >= 11 is 0. The van der Waals surface area contributed by atoms with Gasteiger partial charge in [0.15, 0.2) is 5.82 Å². The lowest BCUT2D eigenvalue weighted by Gasteiger charge is -2.13. The first-order valence-corrected chi connectivity index (χ1v) is 7.90. The fourth-order valence-corrected chi connectivity index (χ4v) is 2.35. The summed E-state index contributed by atoms with van der Waals surface area (Å²) in [6.45, 7) is 5.99. The Hall–Kier alpha value is -3.02. The molecule has 2 heterocycles. The van der Waals surface area contributed by atoms with Gasteiger partial charge in [0.1, 0.15) is 12.1 Å². The van der Waals surface area contributed by atoms with Crippen LogP contribution in [0.5, 0.6) is 0 Å². The molecule has 0 bridgehead atoms. The summed E-state index contributed by atoms with van der Waals surface area (Å²) in [5.74, 6) is 1.50. The first kappa shape index (κ1) is 15.9. The van der Waals surface area contributed by atoms with Crippen molar-refractivity contribution in [2.24, 2.45) is 0 Å². The molecule has 2 aromatic heterocycles. The molecule has 3 aromatic rings. The highest BCUT2D eigenvalue weighted by molar-refractivity contribution is 5.69. The van der Waals surface area contributed by atoms with E-state index in [-0.39, 0.29) is 0 Å². The number of nitrogens with zero attached hydrogens (tertiary/aromatic N) is 4. The number of anilines is 4. The van der Waals surface area contributed by atoms with E-state index in [9.17, 15) is 0 Å². The molecule has 0 aliphatic carbocycles. The maximum absolute atomic E-state index is 4.24. The van der Waals surface area contributed by atoms with Crippen LogP contribution in [0.15, 0.2) is 42.7 Å². The molecule has 0 radical (unpaired) electrons. The summed E-state index contributed by atoms with van der Waals surface area (Å²) in [6, 6.07) is 12.0. The molecule has 0 amide bonds. The molecule has 2 N–H and O–H groups in total. The number of hydrogen-bond acceptors (Lipinski definition) is 6. The number of benzene rings is 1. The van der Waals surface area contributed by atoms with Crippen LogP contribution in [0.1, 0.15) is 23.9 Å². The molecule has 122 valence electrons. The van der Waals surface area contributed by atoms with E-state index in [4.69, 9.17) is 0 Å². The lowest BCUT2D eigenvalue weighted by Crippen LogP contribution is -2.01. The summed E-state index contributed by atoms with van der Waals surface area (Å²) in [7, 11) is 0. The van der Waals surface area contributed by atoms with Gasteiger partial charge in [-0.1, -0.05) is 13.0 Å². The van der Waals surface area contributed by atoms with Crippen LogP contribution < -0.4 is 10.6 Å². The van der Waals surface area contributed by atoms with Crippen LogP contribution in [0.25, 0.3) is 0 Å². The Bertz CT molecular complexity index is 829. The summed E-state index contributed by atoms with van der Waals surface area (Å²) in [5, 5.41) is 14.9. The van der Waals surface area contributed by atoms with Crippen LogP contribution in [0.3, 0.4) is 0 Å². The van der Waals surface area contributed by atoms with Crippen LogP contribution in [-0.2, 0) is 6.42 Å². The van der Waals surface area contributed by atoms with Gasteiger partial charge in [0.2, 0.25) is 0 Å². The average molecular weight is 320 g/mol. The van der Waals surface area contributed by atoms with E-state index in [1.165, 1.54) is 5.56 Å². The molecule has 1 aromatic carbocycles. The van der Waals surface area contributed by atoms with Gasteiger partial charge in [-0.3, -0.25) is 0 Å². The molecular weight excluding hydrogens is 300 g/mol.